The maximum Gasteiger partial charge on any atom is 0.337 e. The van der Waals surface area contributed by atoms with Gasteiger partial charge in [-0.05, 0) is 38.1 Å². The summed E-state index contributed by atoms with van der Waals surface area (Å²) in [5.41, 5.74) is 2.54. The first-order valence-electron chi connectivity index (χ1n) is 8.44. The van der Waals surface area contributed by atoms with Crippen LogP contribution in [0.2, 0.25) is 0 Å². The van der Waals surface area contributed by atoms with Gasteiger partial charge in [-0.25, -0.2) is 4.79 Å². The quantitative estimate of drug-likeness (QED) is 0.500. The average molecular weight is 384 g/mol. The van der Waals surface area contributed by atoms with E-state index < -0.39 is 11.9 Å². The van der Waals surface area contributed by atoms with Crippen LogP contribution >= 0.6 is 11.3 Å². The van der Waals surface area contributed by atoms with Crippen molar-refractivity contribution in [2.24, 2.45) is 4.99 Å². The molecule has 27 heavy (non-hydrogen) atoms. The predicted molar refractivity (Wildman–Crippen MR) is 104 cm³/mol. The summed E-state index contributed by atoms with van der Waals surface area (Å²) in [6, 6.07) is 6.99. The molecule has 0 saturated heterocycles. The number of carbonyl (C=O) groups excluding carboxylic acids is 2. The number of carbonyl (C=O) groups is 2. The van der Waals surface area contributed by atoms with Gasteiger partial charge >= 0.3 is 5.97 Å². The monoisotopic (exact) mass is 384 g/mol. The van der Waals surface area contributed by atoms with Crippen LogP contribution in [-0.2, 0) is 17.8 Å². The van der Waals surface area contributed by atoms with Gasteiger partial charge in [0.1, 0.15) is 0 Å². The Bertz CT molecular complexity index is 1100. The number of benzene rings is 1. The molecule has 3 rings (SSSR count). The summed E-state index contributed by atoms with van der Waals surface area (Å²) >= 11 is 1.33. The summed E-state index contributed by atoms with van der Waals surface area (Å²) < 4.78 is 9.25. The van der Waals surface area contributed by atoms with Gasteiger partial charge in [-0.1, -0.05) is 17.4 Å². The van der Waals surface area contributed by atoms with Crippen LogP contribution in [0.4, 0.5) is 0 Å². The maximum atomic E-state index is 12.6. The van der Waals surface area contributed by atoms with Crippen LogP contribution in [0.25, 0.3) is 10.2 Å². The molecule has 0 spiro atoms. The molecular formula is C19H20N4O3S. The number of esters is 1. The number of methoxy groups -OCH3 is 1. The van der Waals surface area contributed by atoms with Crippen LogP contribution in [0.1, 0.15) is 33.5 Å². The molecule has 1 aromatic carbocycles. The zero-order chi connectivity index (χ0) is 19.6. The van der Waals surface area contributed by atoms with Gasteiger partial charge in [-0.2, -0.15) is 10.1 Å². The summed E-state index contributed by atoms with van der Waals surface area (Å²) in [4.78, 5) is 29.2. The highest BCUT2D eigenvalue weighted by Crippen LogP contribution is 2.20. The van der Waals surface area contributed by atoms with Gasteiger partial charge in [0.15, 0.2) is 10.5 Å². The third-order valence-electron chi connectivity index (χ3n) is 4.11. The summed E-state index contributed by atoms with van der Waals surface area (Å²) in [5.74, 6) is -0.807. The largest absolute Gasteiger partial charge is 0.465 e. The molecular weight excluding hydrogens is 364 g/mol. The van der Waals surface area contributed by atoms with E-state index in [4.69, 9.17) is 4.74 Å². The van der Waals surface area contributed by atoms with E-state index in [2.05, 4.69) is 16.7 Å². The van der Waals surface area contributed by atoms with Crippen LogP contribution in [0.5, 0.6) is 0 Å². The van der Waals surface area contributed by atoms with E-state index in [-0.39, 0.29) is 0 Å². The van der Waals surface area contributed by atoms with Gasteiger partial charge in [0.25, 0.3) is 5.91 Å². The molecule has 8 heteroatoms. The lowest BCUT2D eigenvalue weighted by molar-refractivity contribution is 0.0601. The van der Waals surface area contributed by atoms with Crippen molar-refractivity contribution in [1.82, 2.24) is 14.3 Å². The normalized spacial score (nSPS) is 11.7. The molecule has 0 aliphatic rings. The van der Waals surface area contributed by atoms with E-state index in [1.54, 1.807) is 29.0 Å². The summed E-state index contributed by atoms with van der Waals surface area (Å²) in [5, 5.41) is 4.29. The fourth-order valence-corrected chi connectivity index (χ4v) is 3.86. The molecule has 0 saturated carbocycles. The number of fused-ring (bicyclic) bond motifs is 1. The highest BCUT2D eigenvalue weighted by molar-refractivity contribution is 7.16. The SMILES string of the molecule is C=CCn1c(=NC(=O)c2cc(C)n(CC)n2)sc2cc(C(=O)OC)ccc21. The molecule has 0 aliphatic carbocycles. The number of rotatable bonds is 5. The topological polar surface area (TPSA) is 78.5 Å². The molecule has 0 unspecified atom stereocenters. The van der Waals surface area contributed by atoms with Gasteiger partial charge < -0.3 is 9.30 Å². The Hall–Kier alpha value is -3.00. The van der Waals surface area contributed by atoms with E-state index in [0.717, 1.165) is 15.9 Å². The smallest absolute Gasteiger partial charge is 0.337 e. The van der Waals surface area contributed by atoms with E-state index in [9.17, 15) is 9.59 Å². The number of hydrogen-bond donors (Lipinski definition) is 0. The Kier molecular flexibility index (Phi) is 5.36. The minimum absolute atomic E-state index is 0.312. The van der Waals surface area contributed by atoms with Crippen LogP contribution in [-0.4, -0.2) is 33.3 Å². The lowest BCUT2D eigenvalue weighted by Crippen LogP contribution is -2.16. The number of allylic oxidation sites excluding steroid dienone is 1. The zero-order valence-corrected chi connectivity index (χ0v) is 16.2. The highest BCUT2D eigenvalue weighted by atomic mass is 32.1. The molecule has 1 amide bonds. The minimum atomic E-state index is -0.407. The maximum absolute atomic E-state index is 12.6. The number of nitrogens with zero attached hydrogens (tertiary/aromatic N) is 4. The van der Waals surface area contributed by atoms with Crippen molar-refractivity contribution in [1.29, 1.82) is 0 Å². The Labute approximate surface area is 160 Å². The van der Waals surface area contributed by atoms with Crippen molar-refractivity contribution in [2.45, 2.75) is 26.9 Å². The summed E-state index contributed by atoms with van der Waals surface area (Å²) in [6.07, 6.45) is 1.74. The van der Waals surface area contributed by atoms with Crippen LogP contribution in [0.15, 0.2) is 41.9 Å². The number of hydrogen-bond acceptors (Lipinski definition) is 5. The molecule has 0 aliphatic heterocycles. The van der Waals surface area contributed by atoms with Crippen molar-refractivity contribution in [2.75, 3.05) is 7.11 Å². The van der Waals surface area contributed by atoms with Gasteiger partial charge in [-0.3, -0.25) is 9.48 Å². The Morgan fingerprint density at radius 1 is 1.37 bits per heavy atom. The molecule has 0 bridgehead atoms. The summed E-state index contributed by atoms with van der Waals surface area (Å²) in [7, 11) is 1.34. The molecule has 2 heterocycles. The van der Waals surface area contributed by atoms with Crippen molar-refractivity contribution in [3.05, 3.63) is 58.7 Å². The molecule has 0 fully saturated rings. The van der Waals surface area contributed by atoms with Crippen LogP contribution in [0.3, 0.4) is 0 Å². The van der Waals surface area contributed by atoms with Gasteiger partial charge in [0, 0.05) is 18.8 Å². The van der Waals surface area contributed by atoms with E-state index in [1.807, 2.05) is 24.5 Å². The fraction of sp³-hybridized carbons (Fsp3) is 0.263. The Balaban J connectivity index is 2.12. The van der Waals surface area contributed by atoms with Gasteiger partial charge in [0.05, 0.1) is 22.9 Å². The molecule has 0 atom stereocenters. The van der Waals surface area contributed by atoms with Crippen molar-refractivity contribution >= 4 is 33.4 Å². The Morgan fingerprint density at radius 3 is 2.78 bits per heavy atom. The number of aromatic nitrogens is 3. The summed E-state index contributed by atoms with van der Waals surface area (Å²) in [6.45, 7) is 8.82. The zero-order valence-electron chi connectivity index (χ0n) is 15.4. The van der Waals surface area contributed by atoms with Crippen molar-refractivity contribution in [3.63, 3.8) is 0 Å². The van der Waals surface area contributed by atoms with Crippen LogP contribution < -0.4 is 4.80 Å². The average Bonchev–Trinajstić information content (AvgIpc) is 3.21. The second-order valence-electron chi connectivity index (χ2n) is 5.86. The van der Waals surface area contributed by atoms with Gasteiger partial charge in [0.2, 0.25) is 0 Å². The molecule has 140 valence electrons. The number of ether oxygens (including phenoxy) is 1. The first kappa shape index (κ1) is 18.8. The minimum Gasteiger partial charge on any atom is -0.465 e. The molecule has 0 radical (unpaired) electrons. The van der Waals surface area contributed by atoms with E-state index in [1.165, 1.54) is 18.4 Å². The predicted octanol–water partition coefficient (Wildman–Crippen LogP) is 2.94. The first-order chi connectivity index (χ1) is 13.0. The number of aryl methyl sites for hydroxylation is 2. The van der Waals surface area contributed by atoms with Crippen molar-refractivity contribution < 1.29 is 14.3 Å². The molecule has 0 N–H and O–H groups in total. The number of amides is 1. The third kappa shape index (κ3) is 3.61. The fourth-order valence-electron chi connectivity index (χ4n) is 2.79. The lowest BCUT2D eigenvalue weighted by Gasteiger charge is -2.02. The second-order valence-corrected chi connectivity index (χ2v) is 6.87. The second kappa shape index (κ2) is 7.71. The third-order valence-corrected chi connectivity index (χ3v) is 5.15. The molecule has 2 aromatic heterocycles. The molecule has 3 aromatic rings. The molecule has 7 nitrogen and oxygen atoms in total. The van der Waals surface area contributed by atoms with Crippen LogP contribution in [0, 0.1) is 6.92 Å². The highest BCUT2D eigenvalue weighted by Gasteiger charge is 2.14. The lowest BCUT2D eigenvalue weighted by atomic mass is 10.2. The standard InChI is InChI=1S/C19H20N4O3S/c1-5-9-22-15-8-7-13(18(25)26-4)11-16(15)27-19(22)20-17(24)14-10-12(3)23(6-2)21-14/h5,7-8,10-11H,1,6,9H2,2-4H3. The van der Waals surface area contributed by atoms with E-state index >= 15 is 0 Å². The van der Waals surface area contributed by atoms with Gasteiger partial charge in [-0.15, -0.1) is 6.58 Å². The first-order valence-corrected chi connectivity index (χ1v) is 9.26. The number of thiazole rings is 1. The van der Waals surface area contributed by atoms with E-state index in [0.29, 0.717) is 29.1 Å². The Morgan fingerprint density at radius 2 is 2.15 bits per heavy atom. The van der Waals surface area contributed by atoms with Crippen molar-refractivity contribution in [3.8, 4) is 0 Å².